The van der Waals surface area contributed by atoms with Gasteiger partial charge >= 0.3 is 0 Å². The van der Waals surface area contributed by atoms with Crippen molar-refractivity contribution in [2.75, 3.05) is 18.4 Å². The highest BCUT2D eigenvalue weighted by Crippen LogP contribution is 2.61. The minimum atomic E-state index is -0.235. The summed E-state index contributed by atoms with van der Waals surface area (Å²) in [6.07, 6.45) is 4.47. The van der Waals surface area contributed by atoms with Gasteiger partial charge in [0.25, 0.3) is 5.56 Å². The molecule has 3 aliphatic carbocycles. The van der Waals surface area contributed by atoms with Gasteiger partial charge in [0.05, 0.1) is 23.3 Å². The molecule has 42 heavy (non-hydrogen) atoms. The minimum Gasteiger partial charge on any atom is -0.340 e. The molecule has 2 aromatic carbocycles. The number of anilines is 1. The van der Waals surface area contributed by atoms with E-state index in [2.05, 4.69) is 55.1 Å². The predicted molar refractivity (Wildman–Crippen MR) is 168 cm³/mol. The average molecular weight is 573 g/mol. The third kappa shape index (κ3) is 5.46. The summed E-state index contributed by atoms with van der Waals surface area (Å²) >= 11 is 0. The van der Waals surface area contributed by atoms with Crippen LogP contribution in [0.4, 0.5) is 10.1 Å². The number of fused-ring (bicyclic) bond motifs is 3. The van der Waals surface area contributed by atoms with Gasteiger partial charge in [0, 0.05) is 37.4 Å². The van der Waals surface area contributed by atoms with Crippen LogP contribution in [0.2, 0.25) is 0 Å². The van der Waals surface area contributed by atoms with Crippen LogP contribution in [0.1, 0.15) is 58.6 Å². The van der Waals surface area contributed by atoms with Crippen molar-refractivity contribution in [2.24, 2.45) is 28.2 Å². The smallest absolute Gasteiger partial charge is 0.261 e. The van der Waals surface area contributed by atoms with Crippen LogP contribution in [0.15, 0.2) is 52.5 Å². The summed E-state index contributed by atoms with van der Waals surface area (Å²) in [6, 6.07) is 12.0. The first kappa shape index (κ1) is 28.8. The molecule has 0 amide bonds. The zero-order valence-electron chi connectivity index (χ0n) is 25.8. The van der Waals surface area contributed by atoms with E-state index in [9.17, 15) is 9.18 Å². The van der Waals surface area contributed by atoms with Gasteiger partial charge in [-0.2, -0.15) is 0 Å². The third-order valence-corrected chi connectivity index (χ3v) is 10.4. The maximum Gasteiger partial charge on any atom is 0.261 e. The lowest BCUT2D eigenvalue weighted by atomic mass is 9.45. The molecule has 2 heterocycles. The number of benzene rings is 2. The molecule has 7 rings (SSSR count). The summed E-state index contributed by atoms with van der Waals surface area (Å²) in [5.41, 5.74) is 3.30. The molecule has 6 atom stereocenters. The molecule has 8 heteroatoms. The Morgan fingerprint density at radius 1 is 1.12 bits per heavy atom. The number of aromatic nitrogens is 2. The lowest BCUT2D eigenvalue weighted by Crippen LogP contribution is -2.59. The molecule has 0 radical (unpaired) electrons. The number of rotatable bonds is 5. The highest BCUT2D eigenvalue weighted by molar-refractivity contribution is 5.96. The van der Waals surface area contributed by atoms with Gasteiger partial charge in [-0.1, -0.05) is 32.9 Å². The quantitative estimate of drug-likeness (QED) is 0.307. The Morgan fingerprint density at radius 3 is 2.57 bits per heavy atom. The summed E-state index contributed by atoms with van der Waals surface area (Å²) in [6.45, 7) is 15.7. The first-order chi connectivity index (χ1) is 20.0. The number of guanidine groups is 1. The van der Waals surface area contributed by atoms with Crippen LogP contribution in [0.25, 0.3) is 10.9 Å². The van der Waals surface area contributed by atoms with Gasteiger partial charge in [0.2, 0.25) is 0 Å². The Labute approximate surface area is 248 Å². The molecule has 3 aromatic rings. The van der Waals surface area contributed by atoms with E-state index in [1.807, 2.05) is 31.2 Å². The second-order valence-electron chi connectivity index (χ2n) is 13.8. The van der Waals surface area contributed by atoms with Gasteiger partial charge in [-0.3, -0.25) is 9.36 Å². The van der Waals surface area contributed by atoms with Crippen molar-refractivity contribution in [3.05, 3.63) is 70.0 Å². The topological polar surface area (TPSA) is 74.6 Å². The molecule has 4 fully saturated rings. The van der Waals surface area contributed by atoms with Crippen molar-refractivity contribution >= 4 is 22.5 Å². The average Bonchev–Trinajstić information content (AvgIpc) is 2.93. The molecule has 1 aromatic heterocycles. The number of hydrogen-bond acceptors (Lipinski definition) is 4. The Hall–Kier alpha value is -3.26. The SMILES string of the molecule is Cc1ccc(CCn2cnc3cc(NC(=NC4CC5CC(C4C)C5(C)C)N4CC(C)NC(C)C4)ccc3c2=O)c(F)c1. The number of halogens is 1. The number of nitrogens with zero attached hydrogens (tertiary/aromatic N) is 4. The minimum absolute atomic E-state index is 0.115. The zero-order chi connectivity index (χ0) is 29.8. The Morgan fingerprint density at radius 2 is 1.88 bits per heavy atom. The third-order valence-electron chi connectivity index (χ3n) is 10.4. The number of nitrogens with one attached hydrogen (secondary N) is 2. The van der Waals surface area contributed by atoms with E-state index in [1.54, 1.807) is 17.0 Å². The van der Waals surface area contributed by atoms with Crippen LogP contribution >= 0.6 is 0 Å². The van der Waals surface area contributed by atoms with Crippen molar-refractivity contribution in [3.63, 3.8) is 0 Å². The molecule has 4 aliphatic rings. The van der Waals surface area contributed by atoms with E-state index in [0.717, 1.165) is 48.6 Å². The molecule has 3 saturated carbocycles. The molecule has 1 saturated heterocycles. The fourth-order valence-electron chi connectivity index (χ4n) is 7.76. The Bertz CT molecular complexity index is 1550. The van der Waals surface area contributed by atoms with Gasteiger partial charge in [-0.15, -0.1) is 0 Å². The fraction of sp³-hybridized carbons (Fsp3) is 0.559. The van der Waals surface area contributed by atoms with Crippen LogP contribution < -0.4 is 16.2 Å². The Balaban J connectivity index is 1.24. The van der Waals surface area contributed by atoms with Crippen molar-refractivity contribution in [1.82, 2.24) is 19.8 Å². The van der Waals surface area contributed by atoms with E-state index in [-0.39, 0.29) is 11.4 Å². The molecule has 1 aliphatic heterocycles. The van der Waals surface area contributed by atoms with Gasteiger partial charge in [0.15, 0.2) is 5.96 Å². The van der Waals surface area contributed by atoms with Crippen LogP contribution in [0.5, 0.6) is 0 Å². The van der Waals surface area contributed by atoms with Crippen molar-refractivity contribution in [2.45, 2.75) is 85.5 Å². The normalized spacial score (nSPS) is 28.9. The largest absolute Gasteiger partial charge is 0.340 e. The first-order valence-corrected chi connectivity index (χ1v) is 15.6. The number of aliphatic imine (C=N–C) groups is 1. The van der Waals surface area contributed by atoms with E-state index >= 15 is 0 Å². The fourth-order valence-corrected chi connectivity index (χ4v) is 7.76. The first-order valence-electron chi connectivity index (χ1n) is 15.6. The second kappa shape index (κ2) is 11.1. The van der Waals surface area contributed by atoms with Gasteiger partial charge in [-0.25, -0.2) is 14.4 Å². The van der Waals surface area contributed by atoms with E-state index in [0.29, 0.717) is 58.9 Å². The number of hydrogen-bond donors (Lipinski definition) is 2. The number of aryl methyl sites for hydroxylation is 3. The van der Waals surface area contributed by atoms with Crippen molar-refractivity contribution < 1.29 is 4.39 Å². The lowest BCUT2D eigenvalue weighted by Gasteiger charge is -2.61. The van der Waals surface area contributed by atoms with Gasteiger partial charge < -0.3 is 15.5 Å². The molecular weight excluding hydrogens is 527 g/mol. The Kier molecular flexibility index (Phi) is 7.62. The van der Waals surface area contributed by atoms with E-state index in [4.69, 9.17) is 4.99 Å². The summed E-state index contributed by atoms with van der Waals surface area (Å²) in [5.74, 6) is 2.69. The molecule has 7 nitrogen and oxygen atoms in total. The van der Waals surface area contributed by atoms with Crippen molar-refractivity contribution in [1.29, 1.82) is 0 Å². The van der Waals surface area contributed by atoms with Gasteiger partial charge in [0.1, 0.15) is 5.82 Å². The standard InChI is InChI=1S/C34H45FN6O/c1-20-7-8-24(29(35)13-20)11-12-40-19-36-31-16-26(9-10-27(31)32(40)42)38-33(41-17-21(2)37-22(3)18-41)39-30-15-25-14-28(23(30)4)34(25,5)6/h7-10,13,16,19,21-23,25,28,30,37H,11-12,14-15,17-18H2,1-6H3,(H,38,39). The summed E-state index contributed by atoms with van der Waals surface area (Å²) < 4.78 is 15.9. The number of piperazine rings is 1. The molecule has 224 valence electrons. The van der Waals surface area contributed by atoms with Crippen LogP contribution in [0, 0.1) is 35.9 Å². The maximum atomic E-state index is 14.3. The molecular formula is C34H45FN6O. The highest BCUT2D eigenvalue weighted by atomic mass is 19.1. The molecule has 2 bridgehead atoms. The lowest BCUT2D eigenvalue weighted by molar-refractivity contribution is -0.108. The van der Waals surface area contributed by atoms with Crippen LogP contribution in [-0.4, -0.2) is 51.6 Å². The highest BCUT2D eigenvalue weighted by Gasteiger charge is 2.56. The van der Waals surface area contributed by atoms with Crippen LogP contribution in [-0.2, 0) is 13.0 Å². The van der Waals surface area contributed by atoms with E-state index in [1.165, 1.54) is 12.5 Å². The van der Waals surface area contributed by atoms with Crippen LogP contribution in [0.3, 0.4) is 0 Å². The zero-order valence-corrected chi connectivity index (χ0v) is 25.8. The summed E-state index contributed by atoms with van der Waals surface area (Å²) in [5, 5.41) is 7.84. The van der Waals surface area contributed by atoms with E-state index < -0.39 is 0 Å². The molecule has 6 unspecified atom stereocenters. The predicted octanol–water partition coefficient (Wildman–Crippen LogP) is 5.61. The molecule has 2 N–H and O–H groups in total. The second-order valence-corrected chi connectivity index (χ2v) is 13.8. The summed E-state index contributed by atoms with van der Waals surface area (Å²) in [4.78, 5) is 25.7. The maximum absolute atomic E-state index is 14.3. The summed E-state index contributed by atoms with van der Waals surface area (Å²) in [7, 11) is 0. The molecule has 0 spiro atoms. The monoisotopic (exact) mass is 572 g/mol. The van der Waals surface area contributed by atoms with Crippen molar-refractivity contribution in [3.8, 4) is 0 Å². The van der Waals surface area contributed by atoms with Gasteiger partial charge in [-0.05, 0) is 98.6 Å².